The topological polar surface area (TPSA) is 70.1 Å². The lowest BCUT2D eigenvalue weighted by molar-refractivity contribution is 0.0950. The minimum Gasteiger partial charge on any atom is -0.281 e. The molecule has 1 aliphatic rings. The summed E-state index contributed by atoms with van der Waals surface area (Å²) in [5.74, 6) is -0.159. The van der Waals surface area contributed by atoms with Gasteiger partial charge in [-0.2, -0.15) is 10.2 Å². The van der Waals surface area contributed by atoms with Crippen molar-refractivity contribution in [1.29, 1.82) is 0 Å². The monoisotopic (exact) mass is 272 g/mol. The molecule has 1 amide bonds. The van der Waals surface area contributed by atoms with E-state index in [1.54, 1.807) is 18.2 Å². The van der Waals surface area contributed by atoms with Crippen LogP contribution in [-0.4, -0.2) is 22.3 Å². The molecule has 1 heterocycles. The molecular formula is C14H13FN4O. The molecule has 6 heteroatoms. The Morgan fingerprint density at radius 3 is 2.85 bits per heavy atom. The first-order valence-corrected chi connectivity index (χ1v) is 6.36. The lowest BCUT2D eigenvalue weighted by Gasteiger charge is -1.95. The average molecular weight is 272 g/mol. The molecule has 102 valence electrons. The van der Waals surface area contributed by atoms with Gasteiger partial charge in [0.15, 0.2) is 5.69 Å². The number of aromatic nitrogens is 2. The molecule has 1 saturated carbocycles. The maximum absolute atomic E-state index is 12.7. The molecule has 2 N–H and O–H groups in total. The van der Waals surface area contributed by atoms with E-state index in [4.69, 9.17) is 0 Å². The number of halogens is 1. The maximum atomic E-state index is 12.7. The van der Waals surface area contributed by atoms with Crippen molar-refractivity contribution in [2.75, 3.05) is 0 Å². The molecule has 0 unspecified atom stereocenters. The second-order valence-corrected chi connectivity index (χ2v) is 4.73. The summed E-state index contributed by atoms with van der Waals surface area (Å²) in [6.45, 7) is 0. The number of aromatic amines is 1. The fraction of sp³-hybridized carbons (Fsp3) is 0.214. The number of hydrogen-bond donors (Lipinski definition) is 2. The summed E-state index contributed by atoms with van der Waals surface area (Å²) in [5.41, 5.74) is 4.41. The van der Waals surface area contributed by atoms with Crippen LogP contribution in [0.1, 0.15) is 40.5 Å². The molecule has 1 aliphatic carbocycles. The quantitative estimate of drug-likeness (QED) is 0.661. The van der Waals surface area contributed by atoms with Crippen molar-refractivity contribution in [3.05, 3.63) is 53.1 Å². The van der Waals surface area contributed by atoms with Crippen LogP contribution in [0.5, 0.6) is 0 Å². The Labute approximate surface area is 114 Å². The van der Waals surface area contributed by atoms with Crippen molar-refractivity contribution < 1.29 is 9.18 Å². The number of benzene rings is 1. The fourth-order valence-electron chi connectivity index (χ4n) is 1.83. The van der Waals surface area contributed by atoms with Gasteiger partial charge in [-0.05, 0) is 36.6 Å². The maximum Gasteiger partial charge on any atom is 0.291 e. The minimum absolute atomic E-state index is 0.310. The molecule has 3 rings (SSSR count). The first-order valence-electron chi connectivity index (χ1n) is 6.36. The molecule has 2 aromatic rings. The van der Waals surface area contributed by atoms with E-state index < -0.39 is 0 Å². The van der Waals surface area contributed by atoms with Crippen LogP contribution < -0.4 is 5.43 Å². The largest absolute Gasteiger partial charge is 0.291 e. The van der Waals surface area contributed by atoms with Gasteiger partial charge in [0.1, 0.15) is 5.82 Å². The number of nitrogens with zero attached hydrogens (tertiary/aromatic N) is 2. The van der Waals surface area contributed by atoms with Crippen LogP contribution in [0.2, 0.25) is 0 Å². The van der Waals surface area contributed by atoms with Crippen LogP contribution >= 0.6 is 0 Å². The Morgan fingerprint density at radius 2 is 2.15 bits per heavy atom. The van der Waals surface area contributed by atoms with Crippen LogP contribution in [0.3, 0.4) is 0 Å². The Bertz CT molecular complexity index is 643. The lowest BCUT2D eigenvalue weighted by Crippen LogP contribution is -2.18. The zero-order valence-corrected chi connectivity index (χ0v) is 10.6. The molecule has 0 bridgehead atoms. The van der Waals surface area contributed by atoms with Gasteiger partial charge < -0.3 is 0 Å². The van der Waals surface area contributed by atoms with Crippen LogP contribution in [-0.2, 0) is 0 Å². The predicted octanol–water partition coefficient (Wildman–Crippen LogP) is 2.19. The summed E-state index contributed by atoms with van der Waals surface area (Å²) in [6, 6.07) is 7.56. The molecule has 20 heavy (non-hydrogen) atoms. The van der Waals surface area contributed by atoms with Crippen LogP contribution in [0.25, 0.3) is 0 Å². The van der Waals surface area contributed by atoms with Crippen molar-refractivity contribution in [2.24, 2.45) is 5.10 Å². The third-order valence-corrected chi connectivity index (χ3v) is 3.10. The summed E-state index contributed by atoms with van der Waals surface area (Å²) in [4.78, 5) is 11.8. The highest BCUT2D eigenvalue weighted by molar-refractivity contribution is 5.93. The molecule has 1 aromatic carbocycles. The predicted molar refractivity (Wildman–Crippen MR) is 72.0 cm³/mol. The zero-order valence-electron chi connectivity index (χ0n) is 10.6. The van der Waals surface area contributed by atoms with Gasteiger partial charge in [0.25, 0.3) is 5.91 Å². The van der Waals surface area contributed by atoms with Crippen molar-refractivity contribution in [1.82, 2.24) is 15.6 Å². The number of carbonyl (C=O) groups excluding carboxylic acids is 1. The minimum atomic E-state index is -0.369. The first-order chi connectivity index (χ1) is 9.72. The van der Waals surface area contributed by atoms with Crippen molar-refractivity contribution >= 4 is 12.1 Å². The van der Waals surface area contributed by atoms with Crippen molar-refractivity contribution in [3.8, 4) is 0 Å². The highest BCUT2D eigenvalue weighted by Crippen LogP contribution is 2.38. The summed E-state index contributed by atoms with van der Waals surface area (Å²) in [5, 5.41) is 10.6. The number of nitrogens with one attached hydrogen (secondary N) is 2. The van der Waals surface area contributed by atoms with Gasteiger partial charge in [0, 0.05) is 11.6 Å². The number of hydrogen-bond acceptors (Lipinski definition) is 3. The number of H-pyrrole nitrogens is 1. The average Bonchev–Trinajstić information content (AvgIpc) is 3.18. The van der Waals surface area contributed by atoms with Crippen molar-refractivity contribution in [2.45, 2.75) is 18.8 Å². The third kappa shape index (κ3) is 2.90. The molecule has 1 aromatic heterocycles. The standard InChI is InChI=1S/C14H13FN4O/c15-11-5-1-9(2-6-11)8-16-19-14(20)13-7-12(17-18-13)10-3-4-10/h1-2,5-8,10H,3-4H2,(H,17,18)(H,19,20). The second-order valence-electron chi connectivity index (χ2n) is 4.73. The Kier molecular flexibility index (Phi) is 3.28. The van der Waals surface area contributed by atoms with Gasteiger partial charge in [-0.3, -0.25) is 9.89 Å². The molecule has 0 atom stereocenters. The number of carbonyl (C=O) groups is 1. The number of amides is 1. The molecule has 0 aliphatic heterocycles. The molecule has 0 radical (unpaired) electrons. The van der Waals surface area contributed by atoms with Crippen molar-refractivity contribution in [3.63, 3.8) is 0 Å². The lowest BCUT2D eigenvalue weighted by atomic mass is 10.2. The second kappa shape index (κ2) is 5.24. The van der Waals surface area contributed by atoms with E-state index in [1.165, 1.54) is 18.3 Å². The normalized spacial score (nSPS) is 14.7. The molecule has 0 spiro atoms. The molecule has 5 nitrogen and oxygen atoms in total. The molecular weight excluding hydrogens is 259 g/mol. The van der Waals surface area contributed by atoms with E-state index in [-0.39, 0.29) is 11.7 Å². The summed E-state index contributed by atoms with van der Waals surface area (Å²) >= 11 is 0. The van der Waals surface area contributed by atoms with Crippen LogP contribution in [0.15, 0.2) is 35.4 Å². The summed E-state index contributed by atoms with van der Waals surface area (Å²) in [6.07, 6.45) is 3.74. The Balaban J connectivity index is 1.59. The number of rotatable bonds is 4. The summed E-state index contributed by atoms with van der Waals surface area (Å²) in [7, 11) is 0. The van der Waals surface area contributed by atoms with Gasteiger partial charge in [-0.1, -0.05) is 12.1 Å². The van der Waals surface area contributed by atoms with E-state index in [1.807, 2.05) is 0 Å². The van der Waals surface area contributed by atoms with Gasteiger partial charge in [-0.25, -0.2) is 9.82 Å². The number of hydrazone groups is 1. The van der Waals surface area contributed by atoms with E-state index in [0.29, 0.717) is 17.2 Å². The van der Waals surface area contributed by atoms with E-state index in [9.17, 15) is 9.18 Å². The fourth-order valence-corrected chi connectivity index (χ4v) is 1.83. The van der Waals surface area contributed by atoms with Crippen LogP contribution in [0, 0.1) is 5.82 Å². The SMILES string of the molecule is O=C(NN=Cc1ccc(F)cc1)c1cc(C2CC2)[nH]n1. The Morgan fingerprint density at radius 1 is 1.40 bits per heavy atom. The van der Waals surface area contributed by atoms with Gasteiger partial charge in [0.05, 0.1) is 6.21 Å². The Hall–Kier alpha value is -2.50. The van der Waals surface area contributed by atoms with Gasteiger partial charge >= 0.3 is 0 Å². The van der Waals surface area contributed by atoms with E-state index in [0.717, 1.165) is 18.5 Å². The molecule has 0 saturated heterocycles. The van der Waals surface area contributed by atoms with Gasteiger partial charge in [0.2, 0.25) is 0 Å². The summed E-state index contributed by atoms with van der Waals surface area (Å²) < 4.78 is 12.7. The highest BCUT2D eigenvalue weighted by atomic mass is 19.1. The zero-order chi connectivity index (χ0) is 13.9. The smallest absolute Gasteiger partial charge is 0.281 e. The van der Waals surface area contributed by atoms with E-state index in [2.05, 4.69) is 20.7 Å². The first kappa shape index (κ1) is 12.5. The highest BCUT2D eigenvalue weighted by Gasteiger charge is 2.26. The van der Waals surface area contributed by atoms with Gasteiger partial charge in [-0.15, -0.1) is 0 Å². The van der Waals surface area contributed by atoms with Crippen LogP contribution in [0.4, 0.5) is 4.39 Å². The molecule has 1 fully saturated rings. The van der Waals surface area contributed by atoms with E-state index >= 15 is 0 Å². The third-order valence-electron chi connectivity index (χ3n) is 3.10.